The minimum atomic E-state index is 0.0935. The van der Waals surface area contributed by atoms with Gasteiger partial charge < -0.3 is 4.90 Å². The van der Waals surface area contributed by atoms with Crippen LogP contribution in [0.15, 0.2) is 48.0 Å². The van der Waals surface area contributed by atoms with E-state index in [0.29, 0.717) is 0 Å². The zero-order valence-electron chi connectivity index (χ0n) is 14.2. The van der Waals surface area contributed by atoms with Crippen LogP contribution in [0.25, 0.3) is 10.2 Å². The van der Waals surface area contributed by atoms with Crippen molar-refractivity contribution in [2.45, 2.75) is 12.8 Å². The number of nitrogens with zero attached hydrogens (tertiary/aromatic N) is 3. The zero-order chi connectivity index (χ0) is 17.1. The topological polar surface area (TPSA) is 39.3 Å². The van der Waals surface area contributed by atoms with Crippen LogP contribution in [0.4, 0.5) is 5.69 Å². The highest BCUT2D eigenvalue weighted by atomic mass is 32.1. The first-order valence-corrected chi connectivity index (χ1v) is 9.74. The molecule has 1 fully saturated rings. The minimum Gasteiger partial charge on any atom is -0.364 e. The van der Waals surface area contributed by atoms with Crippen LogP contribution in [0.1, 0.15) is 12.0 Å². The molecule has 0 N–H and O–H groups in total. The molecule has 0 atom stereocenters. The van der Waals surface area contributed by atoms with Crippen molar-refractivity contribution in [2.24, 2.45) is 0 Å². The van der Waals surface area contributed by atoms with Gasteiger partial charge in [0.15, 0.2) is 0 Å². The predicted octanol–water partition coefficient (Wildman–Crippen LogP) is 4.19. The molecule has 1 aliphatic heterocycles. The van der Waals surface area contributed by atoms with E-state index in [4.69, 9.17) is 0 Å². The van der Waals surface area contributed by atoms with Gasteiger partial charge in [-0.3, -0.25) is 10.0 Å². The number of aryl methyl sites for hydroxylation is 1. The maximum absolute atomic E-state index is 12.4. The van der Waals surface area contributed by atoms with Gasteiger partial charge in [-0.2, -0.15) is 0 Å². The van der Waals surface area contributed by atoms with Crippen molar-refractivity contribution in [3.63, 3.8) is 0 Å². The molecule has 2 heterocycles. The van der Waals surface area contributed by atoms with Crippen molar-refractivity contribution < 1.29 is 5.11 Å². The fraction of sp³-hybridized carbons (Fsp3) is 0.350. The number of hydrogen-bond donors (Lipinski definition) is 0. The second-order valence-electron chi connectivity index (χ2n) is 6.53. The summed E-state index contributed by atoms with van der Waals surface area (Å²) in [4.78, 5) is 9.15. The summed E-state index contributed by atoms with van der Waals surface area (Å²) in [5, 5.41) is 12.4. The van der Waals surface area contributed by atoms with Gasteiger partial charge in [0.2, 0.25) is 5.75 Å². The van der Waals surface area contributed by atoms with E-state index in [1.807, 2.05) is 11.6 Å². The largest absolute Gasteiger partial charge is 0.364 e. The third-order valence-electron chi connectivity index (χ3n) is 4.91. The number of fused-ring (bicyclic) bond motifs is 1. The van der Waals surface area contributed by atoms with Crippen molar-refractivity contribution in [3.05, 3.63) is 53.5 Å². The average Bonchev–Trinajstić information content (AvgIpc) is 3.12. The number of anilines is 1. The summed E-state index contributed by atoms with van der Waals surface area (Å²) < 4.78 is 1.10. The molecule has 1 saturated heterocycles. The summed E-state index contributed by atoms with van der Waals surface area (Å²) in [6.07, 6.45) is 2.31. The second-order valence-corrected chi connectivity index (χ2v) is 7.42. The number of rotatable bonds is 5. The summed E-state index contributed by atoms with van der Waals surface area (Å²) in [6.45, 7) is 4.94. The van der Waals surface area contributed by atoms with Crippen LogP contribution in [-0.2, 0) is 11.5 Å². The third kappa shape index (κ3) is 3.62. The first kappa shape index (κ1) is 16.4. The Morgan fingerprint density at radius 3 is 2.60 bits per heavy atom. The third-order valence-corrected chi connectivity index (χ3v) is 5.70. The van der Waals surface area contributed by atoms with Crippen molar-refractivity contribution >= 4 is 27.2 Å². The summed E-state index contributed by atoms with van der Waals surface area (Å²) in [7, 11) is 0. The fourth-order valence-electron chi connectivity index (χ4n) is 3.55. The van der Waals surface area contributed by atoms with Crippen molar-refractivity contribution in [2.75, 3.05) is 37.6 Å². The molecule has 5 heteroatoms. The Morgan fingerprint density at radius 1 is 1.00 bits per heavy atom. The molecule has 2 aromatic carbocycles. The highest BCUT2D eigenvalue weighted by molar-refractivity contribution is 7.16. The average molecular weight is 352 g/mol. The number of thiazole rings is 1. The summed E-state index contributed by atoms with van der Waals surface area (Å²) in [5.74, 6) is 0.0935. The first-order valence-electron chi connectivity index (χ1n) is 8.86. The van der Waals surface area contributed by atoms with Gasteiger partial charge in [0.25, 0.3) is 0 Å². The quantitative estimate of drug-likeness (QED) is 0.691. The molecule has 4 nitrogen and oxygen atoms in total. The molecule has 1 aliphatic rings. The van der Waals surface area contributed by atoms with Gasteiger partial charge >= 0.3 is 0 Å². The summed E-state index contributed by atoms with van der Waals surface area (Å²) >= 11 is 1.60. The maximum atomic E-state index is 12.4. The van der Waals surface area contributed by atoms with Crippen LogP contribution < -0.4 is 4.90 Å². The zero-order valence-corrected chi connectivity index (χ0v) is 15.0. The van der Waals surface area contributed by atoms with E-state index in [1.54, 1.807) is 17.4 Å². The van der Waals surface area contributed by atoms with E-state index in [2.05, 4.69) is 45.1 Å². The molecular weight excluding hydrogens is 330 g/mol. The Balaban J connectivity index is 1.33. The second kappa shape index (κ2) is 7.42. The minimum absolute atomic E-state index is 0.0935. The summed E-state index contributed by atoms with van der Waals surface area (Å²) in [6, 6.07) is 14.2. The smallest absolute Gasteiger partial charge is 0.204 e. The maximum Gasteiger partial charge on any atom is 0.204 e. The fourth-order valence-corrected chi connectivity index (χ4v) is 4.23. The number of aromatic nitrogens is 1. The molecule has 129 valence electrons. The SMILES string of the molecule is [O]c1ccc2scnc2c1N1CCN(CCCc2ccccc2)CC1. The molecule has 0 amide bonds. The lowest BCUT2D eigenvalue weighted by molar-refractivity contribution is 0.254. The molecule has 1 aromatic heterocycles. The van der Waals surface area contributed by atoms with Crippen LogP contribution in [0.5, 0.6) is 5.75 Å². The Morgan fingerprint density at radius 2 is 1.80 bits per heavy atom. The first-order chi connectivity index (χ1) is 12.3. The van der Waals surface area contributed by atoms with E-state index < -0.39 is 0 Å². The van der Waals surface area contributed by atoms with Crippen molar-refractivity contribution in [1.82, 2.24) is 9.88 Å². The van der Waals surface area contributed by atoms with E-state index in [9.17, 15) is 5.11 Å². The monoisotopic (exact) mass is 352 g/mol. The normalized spacial score (nSPS) is 15.8. The molecule has 25 heavy (non-hydrogen) atoms. The van der Waals surface area contributed by atoms with Crippen LogP contribution in [0.2, 0.25) is 0 Å². The van der Waals surface area contributed by atoms with Gasteiger partial charge in [-0.05, 0) is 37.1 Å². The van der Waals surface area contributed by atoms with Crippen molar-refractivity contribution in [3.8, 4) is 5.75 Å². The highest BCUT2D eigenvalue weighted by Crippen LogP contribution is 2.37. The van der Waals surface area contributed by atoms with E-state index in [1.165, 1.54) is 12.0 Å². The molecule has 1 radical (unpaired) electrons. The molecule has 0 saturated carbocycles. The number of piperazine rings is 1. The lowest BCUT2D eigenvalue weighted by Crippen LogP contribution is -2.46. The molecular formula is C20H22N3OS. The van der Waals surface area contributed by atoms with Gasteiger partial charge in [0.1, 0.15) is 11.2 Å². The summed E-state index contributed by atoms with van der Waals surface area (Å²) in [5.41, 5.74) is 4.90. The van der Waals surface area contributed by atoms with Gasteiger partial charge in [-0.25, -0.2) is 4.98 Å². The standard InChI is InChI=1S/C20H22N3OS/c24-17-8-9-18-19(21-15-25-18)20(17)23-13-11-22(12-14-23)10-4-7-16-5-2-1-3-6-16/h1-3,5-6,8-9,15H,4,7,10-14H2. The number of hydrogen-bond acceptors (Lipinski definition) is 4. The van der Waals surface area contributed by atoms with E-state index in [0.717, 1.165) is 55.0 Å². The van der Waals surface area contributed by atoms with Crippen molar-refractivity contribution in [1.29, 1.82) is 0 Å². The van der Waals surface area contributed by atoms with Gasteiger partial charge in [0.05, 0.1) is 10.2 Å². The highest BCUT2D eigenvalue weighted by Gasteiger charge is 2.22. The Bertz CT molecular complexity index is 825. The molecule has 0 aliphatic carbocycles. The lowest BCUT2D eigenvalue weighted by Gasteiger charge is -2.36. The van der Waals surface area contributed by atoms with Crippen LogP contribution in [0.3, 0.4) is 0 Å². The van der Waals surface area contributed by atoms with Gasteiger partial charge in [0, 0.05) is 26.2 Å². The Hall–Kier alpha value is -2.11. The number of benzene rings is 2. The van der Waals surface area contributed by atoms with Crippen LogP contribution >= 0.6 is 11.3 Å². The van der Waals surface area contributed by atoms with Gasteiger partial charge in [-0.1, -0.05) is 30.3 Å². The van der Waals surface area contributed by atoms with Gasteiger partial charge in [-0.15, -0.1) is 11.3 Å². The lowest BCUT2D eigenvalue weighted by atomic mass is 10.1. The predicted molar refractivity (Wildman–Crippen MR) is 103 cm³/mol. The molecule has 0 spiro atoms. The molecule has 4 rings (SSSR count). The molecule has 0 unspecified atom stereocenters. The Labute approximate surface area is 152 Å². The molecule has 0 bridgehead atoms. The van der Waals surface area contributed by atoms with Crippen LogP contribution in [-0.4, -0.2) is 42.6 Å². The Kier molecular flexibility index (Phi) is 4.85. The van der Waals surface area contributed by atoms with Crippen LogP contribution in [0, 0.1) is 0 Å². The van der Waals surface area contributed by atoms with E-state index >= 15 is 0 Å². The molecule has 3 aromatic rings. The van der Waals surface area contributed by atoms with E-state index in [-0.39, 0.29) is 5.75 Å².